The lowest BCUT2D eigenvalue weighted by Crippen LogP contribution is -2.38. The first-order valence-corrected chi connectivity index (χ1v) is 9.86. The lowest BCUT2D eigenvalue weighted by Gasteiger charge is -2.12. The molecule has 0 aliphatic rings. The van der Waals surface area contributed by atoms with Crippen LogP contribution in [-0.2, 0) is 13.0 Å². The van der Waals surface area contributed by atoms with Crippen molar-refractivity contribution < 1.29 is 4.74 Å². The Kier molecular flexibility index (Phi) is 7.47. The molecule has 29 heavy (non-hydrogen) atoms. The van der Waals surface area contributed by atoms with E-state index < -0.39 is 0 Å². The molecule has 7 nitrogen and oxygen atoms in total. The highest BCUT2D eigenvalue weighted by Crippen LogP contribution is 2.22. The van der Waals surface area contributed by atoms with Gasteiger partial charge in [0.15, 0.2) is 11.8 Å². The summed E-state index contributed by atoms with van der Waals surface area (Å²) < 4.78 is 5.19. The Balaban J connectivity index is 1.59. The third-order valence-corrected chi connectivity index (χ3v) is 4.68. The van der Waals surface area contributed by atoms with Crippen molar-refractivity contribution in [3.05, 3.63) is 64.9 Å². The van der Waals surface area contributed by atoms with Gasteiger partial charge in [-0.15, -0.1) is 0 Å². The van der Waals surface area contributed by atoms with Gasteiger partial charge in [-0.1, -0.05) is 35.9 Å². The number of aromatic amines is 1. The molecule has 0 saturated carbocycles. The second-order valence-corrected chi connectivity index (χ2v) is 6.77. The largest absolute Gasteiger partial charge is 0.497 e. The topological polar surface area (TPSA) is 87.2 Å². The smallest absolute Gasteiger partial charge is 0.191 e. The fourth-order valence-electron chi connectivity index (χ4n) is 2.85. The van der Waals surface area contributed by atoms with Crippen molar-refractivity contribution in [3.63, 3.8) is 0 Å². The molecule has 0 amide bonds. The van der Waals surface area contributed by atoms with Crippen LogP contribution >= 0.6 is 11.6 Å². The van der Waals surface area contributed by atoms with Crippen LogP contribution < -0.4 is 15.4 Å². The van der Waals surface area contributed by atoms with Crippen LogP contribution in [0.1, 0.15) is 18.1 Å². The van der Waals surface area contributed by atoms with Gasteiger partial charge in [-0.2, -0.15) is 5.10 Å². The molecule has 0 spiro atoms. The minimum atomic E-state index is 0.556. The van der Waals surface area contributed by atoms with Crippen LogP contribution in [0.2, 0.25) is 5.02 Å². The average Bonchev–Trinajstić information content (AvgIpc) is 3.28. The Bertz CT molecular complexity index is 942. The molecule has 152 valence electrons. The van der Waals surface area contributed by atoms with E-state index in [-0.39, 0.29) is 0 Å². The molecule has 3 N–H and O–H groups in total. The van der Waals surface area contributed by atoms with Crippen LogP contribution in [0.3, 0.4) is 0 Å². The zero-order valence-corrected chi connectivity index (χ0v) is 17.3. The van der Waals surface area contributed by atoms with E-state index in [4.69, 9.17) is 16.3 Å². The number of halogens is 1. The van der Waals surface area contributed by atoms with Crippen molar-refractivity contribution in [1.82, 2.24) is 25.8 Å². The highest BCUT2D eigenvalue weighted by molar-refractivity contribution is 6.31. The summed E-state index contributed by atoms with van der Waals surface area (Å²) >= 11 is 6.32. The molecule has 1 heterocycles. The maximum absolute atomic E-state index is 6.32. The fourth-order valence-corrected chi connectivity index (χ4v) is 3.11. The number of aliphatic imine (C=N–C) groups is 1. The number of nitrogens with one attached hydrogen (secondary N) is 3. The van der Waals surface area contributed by atoms with Gasteiger partial charge in [0.25, 0.3) is 0 Å². The van der Waals surface area contributed by atoms with Crippen molar-refractivity contribution in [1.29, 1.82) is 0 Å². The van der Waals surface area contributed by atoms with Gasteiger partial charge in [0, 0.05) is 23.7 Å². The van der Waals surface area contributed by atoms with Crippen molar-refractivity contribution in [2.24, 2.45) is 4.99 Å². The van der Waals surface area contributed by atoms with E-state index in [1.54, 1.807) is 7.11 Å². The minimum Gasteiger partial charge on any atom is -0.497 e. The van der Waals surface area contributed by atoms with Crippen molar-refractivity contribution in [2.75, 3.05) is 20.2 Å². The maximum atomic E-state index is 6.32. The quantitative estimate of drug-likeness (QED) is 0.389. The van der Waals surface area contributed by atoms with E-state index >= 15 is 0 Å². The van der Waals surface area contributed by atoms with Gasteiger partial charge in [0.1, 0.15) is 12.1 Å². The zero-order chi connectivity index (χ0) is 20.5. The SMILES string of the molecule is CCNC(=NCc1cccc(-c2ncn[nH]2)c1)NCCc1ccc(OC)cc1Cl. The summed E-state index contributed by atoms with van der Waals surface area (Å²) in [6.45, 7) is 4.10. The number of methoxy groups -OCH3 is 1. The molecule has 0 unspecified atom stereocenters. The van der Waals surface area contributed by atoms with Gasteiger partial charge < -0.3 is 15.4 Å². The van der Waals surface area contributed by atoms with E-state index in [1.165, 1.54) is 6.33 Å². The van der Waals surface area contributed by atoms with Gasteiger partial charge >= 0.3 is 0 Å². The first-order valence-electron chi connectivity index (χ1n) is 9.49. The summed E-state index contributed by atoms with van der Waals surface area (Å²) in [5.41, 5.74) is 3.15. The number of hydrogen-bond acceptors (Lipinski definition) is 4. The van der Waals surface area contributed by atoms with Gasteiger partial charge in [-0.05, 0) is 42.7 Å². The molecular weight excluding hydrogens is 388 g/mol. The number of benzene rings is 2. The van der Waals surface area contributed by atoms with Crippen molar-refractivity contribution in [3.8, 4) is 17.1 Å². The van der Waals surface area contributed by atoms with Crippen LogP contribution in [-0.4, -0.2) is 41.3 Å². The monoisotopic (exact) mass is 412 g/mol. The molecule has 0 saturated heterocycles. The van der Waals surface area contributed by atoms with Crippen LogP contribution in [0.15, 0.2) is 53.8 Å². The first kappa shape index (κ1) is 20.7. The van der Waals surface area contributed by atoms with Crippen LogP contribution in [0, 0.1) is 0 Å². The standard InChI is InChI=1S/C21H25ClN6O/c1-3-23-21(24-10-9-16-7-8-18(29-2)12-19(16)22)25-13-15-5-4-6-17(11-15)20-26-14-27-28-20/h4-8,11-12,14H,3,9-10,13H2,1-2H3,(H2,23,24,25)(H,26,27,28). The number of nitrogens with zero attached hydrogens (tertiary/aromatic N) is 3. The minimum absolute atomic E-state index is 0.556. The predicted octanol–water partition coefficient (Wildman–Crippen LogP) is 3.43. The number of ether oxygens (including phenoxy) is 1. The van der Waals surface area contributed by atoms with Gasteiger partial charge in [0.05, 0.1) is 13.7 Å². The molecule has 0 radical (unpaired) electrons. The summed E-state index contributed by atoms with van der Waals surface area (Å²) in [7, 11) is 1.63. The maximum Gasteiger partial charge on any atom is 0.191 e. The Morgan fingerprint density at radius 2 is 2.10 bits per heavy atom. The van der Waals surface area contributed by atoms with Gasteiger partial charge in [-0.25, -0.2) is 9.98 Å². The van der Waals surface area contributed by atoms with E-state index in [1.807, 2.05) is 43.3 Å². The molecule has 1 aromatic heterocycles. The Morgan fingerprint density at radius 1 is 1.21 bits per heavy atom. The normalized spacial score (nSPS) is 11.3. The van der Waals surface area contributed by atoms with E-state index in [9.17, 15) is 0 Å². The van der Waals surface area contributed by atoms with Crippen molar-refractivity contribution in [2.45, 2.75) is 19.9 Å². The number of H-pyrrole nitrogens is 1. The first-order chi connectivity index (χ1) is 14.2. The number of aromatic nitrogens is 3. The van der Waals surface area contributed by atoms with Gasteiger partial charge in [0.2, 0.25) is 0 Å². The summed E-state index contributed by atoms with van der Waals surface area (Å²) in [6, 6.07) is 13.8. The van der Waals surface area contributed by atoms with E-state index in [0.717, 1.165) is 53.7 Å². The molecular formula is C21H25ClN6O. The number of guanidine groups is 1. The molecule has 2 aromatic carbocycles. The van der Waals surface area contributed by atoms with Crippen molar-refractivity contribution >= 4 is 17.6 Å². The molecule has 0 bridgehead atoms. The summed E-state index contributed by atoms with van der Waals surface area (Å²) in [5, 5.41) is 14.1. The van der Waals surface area contributed by atoms with E-state index in [2.05, 4.69) is 36.9 Å². The summed E-state index contributed by atoms with van der Waals surface area (Å²) in [5.74, 6) is 2.27. The predicted molar refractivity (Wildman–Crippen MR) is 116 cm³/mol. The molecule has 0 aliphatic heterocycles. The highest BCUT2D eigenvalue weighted by Gasteiger charge is 2.05. The third-order valence-electron chi connectivity index (χ3n) is 4.33. The zero-order valence-electron chi connectivity index (χ0n) is 16.6. The molecule has 8 heteroatoms. The number of hydrogen-bond donors (Lipinski definition) is 3. The second kappa shape index (κ2) is 10.5. The number of rotatable bonds is 8. The van der Waals surface area contributed by atoms with Crippen LogP contribution in [0.25, 0.3) is 11.4 Å². The van der Waals surface area contributed by atoms with Crippen LogP contribution in [0.4, 0.5) is 0 Å². The highest BCUT2D eigenvalue weighted by atomic mass is 35.5. The molecule has 0 fully saturated rings. The average molecular weight is 413 g/mol. The summed E-state index contributed by atoms with van der Waals surface area (Å²) in [6.07, 6.45) is 2.29. The van der Waals surface area contributed by atoms with Crippen LogP contribution in [0.5, 0.6) is 5.75 Å². The second-order valence-electron chi connectivity index (χ2n) is 6.36. The molecule has 3 rings (SSSR count). The van der Waals surface area contributed by atoms with E-state index in [0.29, 0.717) is 11.6 Å². The lowest BCUT2D eigenvalue weighted by molar-refractivity contribution is 0.414. The third kappa shape index (κ3) is 5.96. The Labute approximate surface area is 175 Å². The van der Waals surface area contributed by atoms with Gasteiger partial charge in [-0.3, -0.25) is 5.10 Å². The lowest BCUT2D eigenvalue weighted by atomic mass is 10.1. The Hall–Kier alpha value is -3.06. The Morgan fingerprint density at radius 3 is 2.83 bits per heavy atom. The molecule has 3 aromatic rings. The molecule has 0 aliphatic carbocycles. The molecule has 0 atom stereocenters. The summed E-state index contributed by atoms with van der Waals surface area (Å²) in [4.78, 5) is 8.88. The fraction of sp³-hybridized carbons (Fsp3) is 0.286.